The van der Waals surface area contributed by atoms with E-state index in [1.165, 1.54) is 6.54 Å². The van der Waals surface area contributed by atoms with Gasteiger partial charge in [0.2, 0.25) is 0 Å². The third-order valence-corrected chi connectivity index (χ3v) is 5.29. The molecule has 2 aliphatic rings. The zero-order valence-electron chi connectivity index (χ0n) is 17.7. The van der Waals surface area contributed by atoms with Gasteiger partial charge in [-0.25, -0.2) is 4.79 Å². The Morgan fingerprint density at radius 2 is 1.52 bits per heavy atom. The lowest BCUT2D eigenvalue weighted by molar-refractivity contribution is 0.0428. The minimum atomic E-state index is -0.290. The maximum absolute atomic E-state index is 11.7. The van der Waals surface area contributed by atoms with Crippen LogP contribution in [0.25, 0.3) is 0 Å². The molecule has 0 radical (unpaired) electrons. The lowest BCUT2D eigenvalue weighted by Gasteiger charge is -2.15. The molecule has 0 aliphatic carbocycles. The van der Waals surface area contributed by atoms with Crippen LogP contribution in [0.3, 0.4) is 0 Å². The summed E-state index contributed by atoms with van der Waals surface area (Å²) in [4.78, 5) is 16.4. The number of rotatable bonds is 15. The molecular formula is C20H40N4O3. The SMILES string of the molecule is CC(CN1CC1C)OCNCCCCCCNC(=O)OC(C)CN1CC1C. The number of unbranched alkanes of at least 4 members (excludes halogenated alkanes) is 3. The fraction of sp³-hybridized carbons (Fsp3) is 0.950. The summed E-state index contributed by atoms with van der Waals surface area (Å²) in [6, 6.07) is 1.39. The van der Waals surface area contributed by atoms with Crippen molar-refractivity contribution < 1.29 is 14.3 Å². The normalized spacial score (nSPS) is 28.4. The molecular weight excluding hydrogens is 344 g/mol. The minimum Gasteiger partial charge on any atom is -0.445 e. The average molecular weight is 385 g/mol. The first-order valence-corrected chi connectivity index (χ1v) is 10.7. The van der Waals surface area contributed by atoms with Crippen LogP contribution in [0.1, 0.15) is 53.4 Å². The van der Waals surface area contributed by atoms with E-state index in [9.17, 15) is 4.79 Å². The highest BCUT2D eigenvalue weighted by molar-refractivity contribution is 5.67. The lowest BCUT2D eigenvalue weighted by Crippen LogP contribution is -2.31. The number of ether oxygens (including phenoxy) is 2. The van der Waals surface area contributed by atoms with Crippen molar-refractivity contribution >= 4 is 6.09 Å². The largest absolute Gasteiger partial charge is 0.445 e. The number of hydrogen-bond acceptors (Lipinski definition) is 6. The number of carbonyl (C=O) groups is 1. The molecule has 2 saturated heterocycles. The van der Waals surface area contributed by atoms with E-state index in [1.807, 2.05) is 6.92 Å². The second kappa shape index (κ2) is 11.8. The Morgan fingerprint density at radius 1 is 0.963 bits per heavy atom. The van der Waals surface area contributed by atoms with Crippen LogP contribution in [0.4, 0.5) is 4.79 Å². The van der Waals surface area contributed by atoms with Crippen molar-refractivity contribution in [2.45, 2.75) is 77.7 Å². The molecule has 158 valence electrons. The van der Waals surface area contributed by atoms with Crippen LogP contribution in [-0.4, -0.2) is 86.2 Å². The average Bonchev–Trinajstić information content (AvgIpc) is 3.49. The monoisotopic (exact) mass is 384 g/mol. The Labute approximate surface area is 165 Å². The van der Waals surface area contributed by atoms with Crippen molar-refractivity contribution in [3.05, 3.63) is 0 Å². The standard InChI is InChI=1S/C20H40N4O3/c1-16-11-23(16)13-18(3)26-15-21-9-7-5-6-8-10-22-20(25)27-19(4)14-24-12-17(24)2/h16-19,21H,5-15H2,1-4H3,(H,22,25). The molecule has 27 heavy (non-hydrogen) atoms. The molecule has 1 amide bonds. The molecule has 2 fully saturated rings. The predicted molar refractivity (Wildman–Crippen MR) is 108 cm³/mol. The van der Waals surface area contributed by atoms with Crippen molar-refractivity contribution in [2.75, 3.05) is 46.0 Å². The smallest absolute Gasteiger partial charge is 0.407 e. The fourth-order valence-electron chi connectivity index (χ4n) is 3.26. The Kier molecular flexibility index (Phi) is 9.82. The van der Waals surface area contributed by atoms with Crippen molar-refractivity contribution in [1.29, 1.82) is 0 Å². The second-order valence-corrected chi connectivity index (χ2v) is 8.28. The molecule has 0 aromatic carbocycles. The highest BCUT2D eigenvalue weighted by Crippen LogP contribution is 2.17. The summed E-state index contributed by atoms with van der Waals surface area (Å²) < 4.78 is 11.1. The van der Waals surface area contributed by atoms with Crippen LogP contribution < -0.4 is 10.6 Å². The minimum absolute atomic E-state index is 0.0455. The van der Waals surface area contributed by atoms with Gasteiger partial charge in [0.25, 0.3) is 0 Å². The molecule has 2 heterocycles. The molecule has 0 saturated carbocycles. The maximum Gasteiger partial charge on any atom is 0.407 e. The fourth-order valence-corrected chi connectivity index (χ4v) is 3.26. The highest BCUT2D eigenvalue weighted by Gasteiger charge is 2.31. The number of hydrogen-bond donors (Lipinski definition) is 2. The van der Waals surface area contributed by atoms with Crippen LogP contribution in [0.2, 0.25) is 0 Å². The van der Waals surface area contributed by atoms with E-state index in [-0.39, 0.29) is 12.2 Å². The van der Waals surface area contributed by atoms with Crippen molar-refractivity contribution in [3.8, 4) is 0 Å². The Balaban J connectivity index is 1.29. The summed E-state index contributed by atoms with van der Waals surface area (Å²) in [5.74, 6) is 0. The summed E-state index contributed by atoms with van der Waals surface area (Å²) in [7, 11) is 0. The first kappa shape index (κ1) is 22.4. The van der Waals surface area contributed by atoms with Crippen molar-refractivity contribution in [3.63, 3.8) is 0 Å². The summed E-state index contributed by atoms with van der Waals surface area (Å²) in [6.45, 7) is 15.0. The second-order valence-electron chi connectivity index (χ2n) is 8.28. The van der Waals surface area contributed by atoms with Crippen LogP contribution in [0.15, 0.2) is 0 Å². The molecule has 2 N–H and O–H groups in total. The quantitative estimate of drug-likeness (QED) is 0.256. The van der Waals surface area contributed by atoms with Crippen LogP contribution >= 0.6 is 0 Å². The van der Waals surface area contributed by atoms with E-state index in [1.54, 1.807) is 0 Å². The number of alkyl carbamates (subject to hydrolysis) is 1. The van der Waals surface area contributed by atoms with E-state index in [0.29, 0.717) is 25.4 Å². The number of amides is 1. The van der Waals surface area contributed by atoms with Gasteiger partial charge >= 0.3 is 6.09 Å². The van der Waals surface area contributed by atoms with Crippen LogP contribution in [0, 0.1) is 0 Å². The predicted octanol–water partition coefficient (Wildman–Crippen LogP) is 2.02. The first-order chi connectivity index (χ1) is 13.0. The van der Waals surface area contributed by atoms with Crippen LogP contribution in [0.5, 0.6) is 0 Å². The summed E-state index contributed by atoms with van der Waals surface area (Å²) in [6.07, 6.45) is 4.37. The molecule has 7 nitrogen and oxygen atoms in total. The van der Waals surface area contributed by atoms with Gasteiger partial charge in [0.1, 0.15) is 6.10 Å². The lowest BCUT2D eigenvalue weighted by atomic mass is 10.2. The Morgan fingerprint density at radius 3 is 2.11 bits per heavy atom. The van der Waals surface area contributed by atoms with E-state index in [2.05, 4.69) is 41.2 Å². The molecule has 6 atom stereocenters. The third kappa shape index (κ3) is 10.3. The molecule has 7 heteroatoms. The molecule has 6 unspecified atom stereocenters. The van der Waals surface area contributed by atoms with Gasteiger partial charge in [-0.3, -0.25) is 15.1 Å². The maximum atomic E-state index is 11.7. The molecule has 2 aliphatic heterocycles. The van der Waals surface area contributed by atoms with Gasteiger partial charge in [-0.1, -0.05) is 12.8 Å². The van der Waals surface area contributed by atoms with E-state index >= 15 is 0 Å². The Bertz CT molecular complexity index is 437. The number of nitrogens with one attached hydrogen (secondary N) is 2. The summed E-state index contributed by atoms with van der Waals surface area (Å²) in [5.41, 5.74) is 0. The van der Waals surface area contributed by atoms with Gasteiger partial charge < -0.3 is 14.8 Å². The van der Waals surface area contributed by atoms with Crippen LogP contribution in [-0.2, 0) is 9.47 Å². The highest BCUT2D eigenvalue weighted by atomic mass is 16.6. The molecule has 0 spiro atoms. The van der Waals surface area contributed by atoms with E-state index in [0.717, 1.165) is 57.9 Å². The van der Waals surface area contributed by atoms with Gasteiger partial charge in [0, 0.05) is 44.8 Å². The van der Waals surface area contributed by atoms with Gasteiger partial charge in [0.05, 0.1) is 12.8 Å². The number of carbonyl (C=O) groups excluding carboxylic acids is 1. The van der Waals surface area contributed by atoms with Crippen molar-refractivity contribution in [2.24, 2.45) is 0 Å². The zero-order chi connectivity index (χ0) is 19.6. The van der Waals surface area contributed by atoms with Gasteiger partial charge in [-0.2, -0.15) is 0 Å². The number of nitrogens with zero attached hydrogens (tertiary/aromatic N) is 2. The van der Waals surface area contributed by atoms with Crippen molar-refractivity contribution in [1.82, 2.24) is 20.4 Å². The van der Waals surface area contributed by atoms with E-state index < -0.39 is 0 Å². The molecule has 2 rings (SSSR count). The van der Waals surface area contributed by atoms with Gasteiger partial charge in [-0.15, -0.1) is 0 Å². The third-order valence-electron chi connectivity index (χ3n) is 5.29. The summed E-state index contributed by atoms with van der Waals surface area (Å²) >= 11 is 0. The molecule has 0 bridgehead atoms. The van der Waals surface area contributed by atoms with Gasteiger partial charge in [-0.05, 0) is 47.1 Å². The summed E-state index contributed by atoms with van der Waals surface area (Å²) in [5, 5.41) is 6.19. The Hall–Kier alpha value is -0.890. The molecule has 0 aromatic rings. The molecule has 0 aromatic heterocycles. The van der Waals surface area contributed by atoms with Gasteiger partial charge in [0.15, 0.2) is 0 Å². The van der Waals surface area contributed by atoms with E-state index in [4.69, 9.17) is 9.47 Å². The topological polar surface area (TPSA) is 65.6 Å². The first-order valence-electron chi connectivity index (χ1n) is 10.7. The zero-order valence-corrected chi connectivity index (χ0v) is 17.7.